The molecule has 0 aliphatic carbocycles. The van der Waals surface area contributed by atoms with Crippen molar-refractivity contribution in [3.63, 3.8) is 0 Å². The van der Waals surface area contributed by atoms with Gasteiger partial charge in [0.05, 0.1) is 17.2 Å². The molecule has 168 valence electrons. The summed E-state index contributed by atoms with van der Waals surface area (Å²) in [7, 11) is 0. The van der Waals surface area contributed by atoms with Gasteiger partial charge in [0.25, 0.3) is 0 Å². The lowest BCUT2D eigenvalue weighted by Gasteiger charge is -2.24. The number of H-pyrrole nitrogens is 1. The van der Waals surface area contributed by atoms with Crippen LogP contribution in [0.25, 0.3) is 11.3 Å². The lowest BCUT2D eigenvalue weighted by atomic mass is 9.83. The molecule has 0 bridgehead atoms. The van der Waals surface area contributed by atoms with Crippen molar-refractivity contribution < 1.29 is 9.47 Å². The van der Waals surface area contributed by atoms with Gasteiger partial charge in [0, 0.05) is 15.6 Å². The molecule has 0 unspecified atom stereocenters. The van der Waals surface area contributed by atoms with Crippen LogP contribution in [-0.2, 0) is 6.61 Å². The van der Waals surface area contributed by atoms with Crippen LogP contribution >= 0.6 is 23.2 Å². The zero-order chi connectivity index (χ0) is 23.7. The molecule has 0 fully saturated rings. The van der Waals surface area contributed by atoms with Crippen LogP contribution < -0.4 is 15.2 Å². The van der Waals surface area contributed by atoms with Crippen molar-refractivity contribution in [1.29, 1.82) is 5.26 Å². The summed E-state index contributed by atoms with van der Waals surface area (Å²) in [5, 5.41) is 18.5. The van der Waals surface area contributed by atoms with Crippen molar-refractivity contribution in [1.82, 2.24) is 10.2 Å². The molecule has 2 heterocycles. The molecule has 0 saturated carbocycles. The van der Waals surface area contributed by atoms with Crippen LogP contribution in [-0.4, -0.2) is 10.2 Å². The number of rotatable bonds is 5. The summed E-state index contributed by atoms with van der Waals surface area (Å²) in [5.74, 6) is 0.627. The summed E-state index contributed by atoms with van der Waals surface area (Å²) < 4.78 is 11.6. The van der Waals surface area contributed by atoms with Crippen molar-refractivity contribution in [3.8, 4) is 29.0 Å². The lowest BCUT2D eigenvalue weighted by Crippen LogP contribution is -2.21. The van der Waals surface area contributed by atoms with E-state index in [1.165, 1.54) is 0 Å². The third-order valence-corrected chi connectivity index (χ3v) is 6.11. The second-order valence-corrected chi connectivity index (χ2v) is 8.61. The number of hydrogen-bond donors (Lipinski definition) is 2. The number of nitrogens with zero attached hydrogens (tertiary/aromatic N) is 2. The number of benzene rings is 3. The Kier molecular flexibility index (Phi) is 5.89. The summed E-state index contributed by atoms with van der Waals surface area (Å²) in [6.07, 6.45) is 0. The van der Waals surface area contributed by atoms with Gasteiger partial charge in [-0.25, -0.2) is 0 Å². The quantitative estimate of drug-likeness (QED) is 0.349. The molecule has 8 heteroatoms. The van der Waals surface area contributed by atoms with Gasteiger partial charge < -0.3 is 15.2 Å². The summed E-state index contributed by atoms with van der Waals surface area (Å²) in [6.45, 7) is 0.413. The Balaban J connectivity index is 1.48. The van der Waals surface area contributed by atoms with Crippen molar-refractivity contribution in [3.05, 3.63) is 111 Å². The Hall–Kier alpha value is -3.92. The van der Waals surface area contributed by atoms with Gasteiger partial charge in [-0.1, -0.05) is 59.6 Å². The van der Waals surface area contributed by atoms with E-state index in [0.717, 1.165) is 27.9 Å². The summed E-state index contributed by atoms with van der Waals surface area (Å²) in [6, 6.07) is 24.6. The maximum atomic E-state index is 9.89. The molecule has 1 aromatic heterocycles. The van der Waals surface area contributed by atoms with Gasteiger partial charge in [-0.05, 0) is 47.5 Å². The van der Waals surface area contributed by atoms with E-state index in [2.05, 4.69) is 16.3 Å². The van der Waals surface area contributed by atoms with Gasteiger partial charge in [0.15, 0.2) is 0 Å². The molecule has 1 atom stereocenters. The number of nitriles is 1. The highest BCUT2D eigenvalue weighted by Crippen LogP contribution is 2.45. The minimum absolute atomic E-state index is 0.0391. The third kappa shape index (κ3) is 4.19. The van der Waals surface area contributed by atoms with Gasteiger partial charge in [-0.2, -0.15) is 5.26 Å². The molecule has 1 aliphatic rings. The molecule has 1 aliphatic heterocycles. The minimum atomic E-state index is -0.455. The van der Waals surface area contributed by atoms with E-state index in [-0.39, 0.29) is 5.88 Å². The Morgan fingerprint density at radius 2 is 1.62 bits per heavy atom. The summed E-state index contributed by atoms with van der Waals surface area (Å²) in [5.41, 5.74) is 10.6. The molecule has 6 nitrogen and oxygen atoms in total. The van der Waals surface area contributed by atoms with Crippen LogP contribution in [0.3, 0.4) is 0 Å². The van der Waals surface area contributed by atoms with Crippen LogP contribution in [0, 0.1) is 11.3 Å². The highest BCUT2D eigenvalue weighted by Gasteiger charge is 2.35. The van der Waals surface area contributed by atoms with E-state index in [9.17, 15) is 5.26 Å². The molecule has 34 heavy (non-hydrogen) atoms. The fourth-order valence-corrected chi connectivity index (χ4v) is 4.17. The first-order valence-corrected chi connectivity index (χ1v) is 11.2. The molecule has 4 aromatic rings. The maximum Gasteiger partial charge on any atom is 0.244 e. The molecular weight excluding hydrogens is 471 g/mol. The molecule has 0 radical (unpaired) electrons. The Bertz CT molecular complexity index is 1400. The zero-order valence-electron chi connectivity index (χ0n) is 17.8. The van der Waals surface area contributed by atoms with E-state index < -0.39 is 5.92 Å². The topological polar surface area (TPSA) is 97.0 Å². The fourth-order valence-electron chi connectivity index (χ4n) is 3.92. The summed E-state index contributed by atoms with van der Waals surface area (Å²) >= 11 is 12.0. The number of halogens is 2. The normalized spacial score (nSPS) is 14.8. The third-order valence-electron chi connectivity index (χ3n) is 5.60. The predicted molar refractivity (Wildman–Crippen MR) is 131 cm³/mol. The molecule has 3 aromatic carbocycles. The molecule has 0 amide bonds. The largest absolute Gasteiger partial charge is 0.489 e. The van der Waals surface area contributed by atoms with Crippen molar-refractivity contribution in [2.45, 2.75) is 12.5 Å². The lowest BCUT2D eigenvalue weighted by molar-refractivity contribution is 0.306. The number of ether oxygens (including phenoxy) is 2. The number of hydrogen-bond acceptors (Lipinski definition) is 5. The molecule has 0 spiro atoms. The summed E-state index contributed by atoms with van der Waals surface area (Å²) in [4.78, 5) is 0. The van der Waals surface area contributed by atoms with Crippen LogP contribution in [0.15, 0.2) is 84.3 Å². The van der Waals surface area contributed by atoms with Gasteiger partial charge >= 0.3 is 0 Å². The first-order chi connectivity index (χ1) is 16.5. The second kappa shape index (κ2) is 9.14. The van der Waals surface area contributed by atoms with Gasteiger partial charge in [0.1, 0.15) is 24.0 Å². The van der Waals surface area contributed by atoms with Crippen molar-refractivity contribution in [2.24, 2.45) is 5.73 Å². The smallest absolute Gasteiger partial charge is 0.244 e. The minimum Gasteiger partial charge on any atom is -0.489 e. The van der Waals surface area contributed by atoms with Crippen LogP contribution in [0.5, 0.6) is 11.6 Å². The monoisotopic (exact) mass is 488 g/mol. The number of aromatic amines is 1. The van der Waals surface area contributed by atoms with Crippen molar-refractivity contribution in [2.75, 3.05) is 0 Å². The second-order valence-electron chi connectivity index (χ2n) is 7.73. The Morgan fingerprint density at radius 3 is 2.26 bits per heavy atom. The van der Waals surface area contributed by atoms with Crippen molar-refractivity contribution >= 4 is 23.2 Å². The first-order valence-electron chi connectivity index (χ1n) is 10.4. The molecular formula is C26H18Cl2N4O2. The van der Waals surface area contributed by atoms with Crippen LogP contribution in [0.1, 0.15) is 22.6 Å². The van der Waals surface area contributed by atoms with Gasteiger partial charge in [0.2, 0.25) is 11.8 Å². The average molecular weight is 489 g/mol. The molecule has 5 rings (SSSR count). The number of fused-ring (bicyclic) bond motifs is 1. The fraction of sp³-hybridized carbons (Fsp3) is 0.0769. The average Bonchev–Trinajstić information content (AvgIpc) is 3.27. The highest BCUT2D eigenvalue weighted by atomic mass is 35.5. The zero-order valence-corrected chi connectivity index (χ0v) is 19.3. The van der Waals surface area contributed by atoms with Crippen LogP contribution in [0.4, 0.5) is 0 Å². The first kappa shape index (κ1) is 21.9. The number of nitrogens with two attached hydrogens (primary N) is 1. The van der Waals surface area contributed by atoms with E-state index >= 15 is 0 Å². The SMILES string of the molecule is N#CC1=C(N)Oc2n[nH]c(-c3ccc(Cl)cc3)c2[C@H]1c1ccc(OCc2ccc(Cl)cc2)cc1. The number of aromatic nitrogens is 2. The molecule has 3 N–H and O–H groups in total. The van der Waals surface area contributed by atoms with Gasteiger partial charge in [-0.3, -0.25) is 5.10 Å². The van der Waals surface area contributed by atoms with Gasteiger partial charge in [-0.15, -0.1) is 5.10 Å². The Morgan fingerprint density at radius 1 is 0.971 bits per heavy atom. The van der Waals surface area contributed by atoms with E-state index in [1.54, 1.807) is 12.1 Å². The van der Waals surface area contributed by atoms with E-state index in [0.29, 0.717) is 33.9 Å². The maximum absolute atomic E-state index is 9.89. The predicted octanol–water partition coefficient (Wildman–Crippen LogP) is 6.18. The Labute approximate surface area is 206 Å². The van der Waals surface area contributed by atoms with Crippen LogP contribution in [0.2, 0.25) is 10.0 Å². The molecule has 0 saturated heterocycles. The highest BCUT2D eigenvalue weighted by molar-refractivity contribution is 6.30. The van der Waals surface area contributed by atoms with E-state index in [4.69, 9.17) is 38.4 Å². The van der Waals surface area contributed by atoms with E-state index in [1.807, 2.05) is 60.7 Å². The number of allylic oxidation sites excluding steroid dienone is 1. The standard InChI is InChI=1S/C26H18Cl2N4O2/c27-18-7-1-15(2-8-18)14-33-20-11-5-16(6-12-20)22-21(13-29)25(30)34-26-23(22)24(31-32-26)17-3-9-19(28)10-4-17/h1-12,22H,14,30H2,(H,31,32)/t22-/m0/s1. The number of nitrogens with one attached hydrogen (secondary N) is 1.